The Labute approximate surface area is 181 Å². The quantitative estimate of drug-likeness (QED) is 0.469. The third-order valence-corrected chi connectivity index (χ3v) is 5.85. The predicted octanol–water partition coefficient (Wildman–Crippen LogP) is 3.94. The molecule has 0 saturated carbocycles. The van der Waals surface area contributed by atoms with Crippen LogP contribution in [0, 0.1) is 25.2 Å². The van der Waals surface area contributed by atoms with Crippen LogP contribution in [-0.2, 0) is 16.1 Å². The van der Waals surface area contributed by atoms with Crippen molar-refractivity contribution in [3.8, 4) is 6.07 Å². The van der Waals surface area contributed by atoms with Crippen LogP contribution in [0.5, 0.6) is 0 Å². The summed E-state index contributed by atoms with van der Waals surface area (Å²) in [6.07, 6.45) is 4.05. The summed E-state index contributed by atoms with van der Waals surface area (Å²) in [5.41, 5.74) is 4.81. The minimum Gasteiger partial charge on any atom is -0.376 e. The van der Waals surface area contributed by atoms with Crippen molar-refractivity contribution in [1.82, 2.24) is 19.9 Å². The van der Waals surface area contributed by atoms with E-state index in [0.29, 0.717) is 5.82 Å². The van der Waals surface area contributed by atoms with Gasteiger partial charge >= 0.3 is 0 Å². The second-order valence-electron chi connectivity index (χ2n) is 8.08. The second kappa shape index (κ2) is 8.78. The molecule has 2 aromatic heterocycles. The summed E-state index contributed by atoms with van der Waals surface area (Å²) in [5, 5.41) is 12.5. The van der Waals surface area contributed by atoms with Crippen LogP contribution in [-0.4, -0.2) is 33.2 Å². The van der Waals surface area contributed by atoms with E-state index in [1.165, 1.54) is 0 Å². The zero-order chi connectivity index (χ0) is 22.0. The Morgan fingerprint density at radius 2 is 2.26 bits per heavy atom. The third kappa shape index (κ3) is 4.39. The van der Waals surface area contributed by atoms with Crippen molar-refractivity contribution in [2.45, 2.75) is 52.3 Å². The van der Waals surface area contributed by atoms with Crippen LogP contribution in [0.1, 0.15) is 48.6 Å². The van der Waals surface area contributed by atoms with Crippen molar-refractivity contribution in [3.63, 3.8) is 0 Å². The third-order valence-electron chi connectivity index (χ3n) is 5.85. The minimum atomic E-state index is -0.417. The van der Waals surface area contributed by atoms with Crippen molar-refractivity contribution in [3.05, 3.63) is 58.7 Å². The monoisotopic (exact) mass is 417 g/mol. The van der Waals surface area contributed by atoms with Crippen LogP contribution < -0.4 is 5.32 Å². The molecule has 0 radical (unpaired) electrons. The van der Waals surface area contributed by atoms with E-state index in [9.17, 15) is 10.1 Å². The summed E-state index contributed by atoms with van der Waals surface area (Å²) in [5.74, 6) is 0.237. The Hall–Kier alpha value is -3.37. The van der Waals surface area contributed by atoms with Gasteiger partial charge in [-0.05, 0) is 63.5 Å². The molecule has 0 aliphatic carbocycles. The first-order valence-corrected chi connectivity index (χ1v) is 10.6. The number of benzene rings is 1. The van der Waals surface area contributed by atoms with E-state index in [2.05, 4.69) is 19.9 Å². The topological polar surface area (TPSA) is 95.7 Å². The molecule has 0 spiro atoms. The number of aromatic amines is 1. The van der Waals surface area contributed by atoms with Gasteiger partial charge in [0.05, 0.1) is 23.2 Å². The number of ether oxygens (including phenoxy) is 1. The largest absolute Gasteiger partial charge is 0.376 e. The number of aromatic nitrogens is 3. The van der Waals surface area contributed by atoms with E-state index in [0.717, 1.165) is 54.0 Å². The fraction of sp³-hybridized carbons (Fsp3) is 0.375. The first-order valence-electron chi connectivity index (χ1n) is 10.6. The number of carbonyl (C=O) groups excluding carboxylic acids is 1. The van der Waals surface area contributed by atoms with Crippen molar-refractivity contribution < 1.29 is 9.53 Å². The Morgan fingerprint density at radius 3 is 2.97 bits per heavy atom. The molecule has 2 atom stereocenters. The minimum absolute atomic E-state index is 0.0697. The molecule has 1 amide bonds. The standard InChI is InChI=1S/C24H27N5O2/c1-15-11-18(17(3)29(15)14-20-7-6-10-31-20)12-19(13-25)24(30)26-16(2)23-27-21-8-4-5-9-22(21)28-23/h4-5,8-9,11-12,16,20H,6-7,10,14H2,1-3H3,(H,26,30)(H,27,28)/b19-12+. The molecule has 160 valence electrons. The maximum atomic E-state index is 12.8. The maximum Gasteiger partial charge on any atom is 0.262 e. The van der Waals surface area contributed by atoms with Crippen LogP contribution in [0.3, 0.4) is 0 Å². The molecular weight excluding hydrogens is 390 g/mol. The first kappa shape index (κ1) is 20.9. The summed E-state index contributed by atoms with van der Waals surface area (Å²) in [4.78, 5) is 20.5. The average Bonchev–Trinajstić information content (AvgIpc) is 3.48. The number of fused-ring (bicyclic) bond motifs is 1. The van der Waals surface area contributed by atoms with Crippen LogP contribution in [0.2, 0.25) is 0 Å². The molecule has 1 aromatic carbocycles. The summed E-state index contributed by atoms with van der Waals surface area (Å²) < 4.78 is 7.96. The normalized spacial score (nSPS) is 17.6. The number of carbonyl (C=O) groups is 1. The lowest BCUT2D eigenvalue weighted by atomic mass is 10.1. The number of amides is 1. The molecule has 4 rings (SSSR count). The number of imidazole rings is 1. The molecule has 2 unspecified atom stereocenters. The van der Waals surface area contributed by atoms with E-state index >= 15 is 0 Å². The van der Waals surface area contributed by atoms with Crippen LogP contribution in [0.25, 0.3) is 17.1 Å². The van der Waals surface area contributed by atoms with Gasteiger partial charge in [0.1, 0.15) is 17.5 Å². The molecule has 3 aromatic rings. The Bertz CT molecular complexity index is 1140. The van der Waals surface area contributed by atoms with Gasteiger partial charge in [-0.25, -0.2) is 4.98 Å². The number of hydrogen-bond donors (Lipinski definition) is 2. The molecule has 1 saturated heterocycles. The highest BCUT2D eigenvalue weighted by atomic mass is 16.5. The second-order valence-corrected chi connectivity index (χ2v) is 8.08. The molecule has 0 bridgehead atoms. The lowest BCUT2D eigenvalue weighted by Gasteiger charge is -2.14. The highest BCUT2D eigenvalue weighted by Crippen LogP contribution is 2.22. The fourth-order valence-electron chi connectivity index (χ4n) is 4.07. The predicted molar refractivity (Wildman–Crippen MR) is 119 cm³/mol. The van der Waals surface area contributed by atoms with Crippen LogP contribution >= 0.6 is 0 Å². The number of H-pyrrole nitrogens is 1. The molecule has 7 heteroatoms. The van der Waals surface area contributed by atoms with Gasteiger partial charge in [-0.15, -0.1) is 0 Å². The highest BCUT2D eigenvalue weighted by Gasteiger charge is 2.20. The molecule has 31 heavy (non-hydrogen) atoms. The Kier molecular flexibility index (Phi) is 5.92. The smallest absolute Gasteiger partial charge is 0.262 e. The molecule has 1 aliphatic heterocycles. The highest BCUT2D eigenvalue weighted by molar-refractivity contribution is 6.02. The van der Waals surface area contributed by atoms with Gasteiger partial charge in [-0.3, -0.25) is 4.79 Å². The van der Waals surface area contributed by atoms with E-state index in [1.807, 2.05) is 57.2 Å². The fourth-order valence-corrected chi connectivity index (χ4v) is 4.07. The van der Waals surface area contributed by atoms with E-state index in [4.69, 9.17) is 4.74 Å². The van der Waals surface area contributed by atoms with Gasteiger partial charge in [0.25, 0.3) is 5.91 Å². The SMILES string of the molecule is Cc1cc(/C=C(\C#N)C(=O)NC(C)c2nc3ccccc3[nH]2)c(C)n1CC1CCCO1. The summed E-state index contributed by atoms with van der Waals surface area (Å²) in [7, 11) is 0. The number of para-hydroxylation sites is 2. The Balaban J connectivity index is 1.51. The van der Waals surface area contributed by atoms with E-state index in [-0.39, 0.29) is 17.7 Å². The van der Waals surface area contributed by atoms with Crippen molar-refractivity contribution >= 4 is 23.0 Å². The molecular formula is C24H27N5O2. The summed E-state index contributed by atoms with van der Waals surface area (Å²) in [6.45, 7) is 7.51. The number of rotatable bonds is 6. The van der Waals surface area contributed by atoms with E-state index < -0.39 is 5.91 Å². The molecule has 3 heterocycles. The molecule has 7 nitrogen and oxygen atoms in total. The van der Waals surface area contributed by atoms with Crippen LogP contribution in [0.15, 0.2) is 35.9 Å². The van der Waals surface area contributed by atoms with Gasteiger partial charge in [-0.2, -0.15) is 5.26 Å². The molecule has 1 aliphatic rings. The molecule has 2 N–H and O–H groups in total. The number of hydrogen-bond acceptors (Lipinski definition) is 4. The van der Waals surface area contributed by atoms with Gasteiger partial charge in [0.2, 0.25) is 0 Å². The van der Waals surface area contributed by atoms with Gasteiger partial charge in [0.15, 0.2) is 0 Å². The van der Waals surface area contributed by atoms with E-state index in [1.54, 1.807) is 6.08 Å². The lowest BCUT2D eigenvalue weighted by Crippen LogP contribution is -2.28. The summed E-state index contributed by atoms with van der Waals surface area (Å²) >= 11 is 0. The first-order chi connectivity index (χ1) is 15.0. The van der Waals surface area contributed by atoms with Gasteiger partial charge in [-0.1, -0.05) is 12.1 Å². The van der Waals surface area contributed by atoms with Crippen molar-refractivity contribution in [2.75, 3.05) is 6.61 Å². The average molecular weight is 418 g/mol. The number of nitrogens with zero attached hydrogens (tertiary/aromatic N) is 3. The molecule has 1 fully saturated rings. The van der Waals surface area contributed by atoms with Crippen molar-refractivity contribution in [1.29, 1.82) is 5.26 Å². The number of aryl methyl sites for hydroxylation is 1. The van der Waals surface area contributed by atoms with Gasteiger partial charge < -0.3 is 19.6 Å². The number of nitrogens with one attached hydrogen (secondary N) is 2. The van der Waals surface area contributed by atoms with Gasteiger partial charge in [0, 0.05) is 24.5 Å². The Morgan fingerprint density at radius 1 is 1.45 bits per heavy atom. The zero-order valence-corrected chi connectivity index (χ0v) is 18.1. The zero-order valence-electron chi connectivity index (χ0n) is 18.1. The number of nitriles is 1. The lowest BCUT2D eigenvalue weighted by molar-refractivity contribution is -0.117. The van der Waals surface area contributed by atoms with Crippen LogP contribution in [0.4, 0.5) is 0 Å². The maximum absolute atomic E-state index is 12.8. The summed E-state index contributed by atoms with van der Waals surface area (Å²) in [6, 6.07) is 11.4. The van der Waals surface area contributed by atoms with Crippen molar-refractivity contribution in [2.24, 2.45) is 0 Å².